The van der Waals surface area contributed by atoms with Gasteiger partial charge in [-0.1, -0.05) is 42.5 Å². The van der Waals surface area contributed by atoms with Gasteiger partial charge in [-0.3, -0.25) is 0 Å². The number of rotatable bonds is 8. The Morgan fingerprint density at radius 3 is 2.71 bits per heavy atom. The van der Waals surface area contributed by atoms with Crippen molar-refractivity contribution < 1.29 is 9.84 Å². The van der Waals surface area contributed by atoms with Crippen molar-refractivity contribution in [1.29, 1.82) is 0 Å². The predicted molar refractivity (Wildman–Crippen MR) is 71.0 cm³/mol. The number of benzene rings is 1. The molecule has 2 nitrogen and oxygen atoms in total. The van der Waals surface area contributed by atoms with Crippen LogP contribution in [0.2, 0.25) is 0 Å². The minimum Gasteiger partial charge on any atom is -0.393 e. The van der Waals surface area contributed by atoms with E-state index in [2.05, 4.69) is 18.7 Å². The number of methoxy groups -OCH3 is 1. The number of ether oxygens (including phenoxy) is 1. The van der Waals surface area contributed by atoms with Crippen molar-refractivity contribution in [2.75, 3.05) is 13.7 Å². The van der Waals surface area contributed by atoms with Crippen LogP contribution in [-0.2, 0) is 11.2 Å². The Bertz CT molecular complexity index is 319. The molecule has 1 aromatic rings. The summed E-state index contributed by atoms with van der Waals surface area (Å²) in [5, 5.41) is 9.88. The van der Waals surface area contributed by atoms with E-state index in [1.807, 2.05) is 18.2 Å². The molecule has 0 saturated heterocycles. The van der Waals surface area contributed by atoms with Crippen LogP contribution in [0.4, 0.5) is 0 Å². The summed E-state index contributed by atoms with van der Waals surface area (Å²) in [6.07, 6.45) is 2.92. The summed E-state index contributed by atoms with van der Waals surface area (Å²) in [6, 6.07) is 10.2. The second kappa shape index (κ2) is 8.04. The van der Waals surface area contributed by atoms with Gasteiger partial charge in [0.15, 0.2) is 0 Å². The normalized spacial score (nSPS) is 12.4. The molecule has 0 aliphatic heterocycles. The third-order valence-corrected chi connectivity index (χ3v) is 2.79. The second-order valence-electron chi connectivity index (χ2n) is 4.38. The molecule has 0 aliphatic rings. The van der Waals surface area contributed by atoms with Crippen LogP contribution in [0.5, 0.6) is 0 Å². The lowest BCUT2D eigenvalue weighted by molar-refractivity contribution is 0.159. The third-order valence-electron chi connectivity index (χ3n) is 2.79. The van der Waals surface area contributed by atoms with Crippen LogP contribution in [0.15, 0.2) is 42.5 Å². The van der Waals surface area contributed by atoms with Crippen LogP contribution >= 0.6 is 0 Å². The molecule has 0 bridgehead atoms. The smallest absolute Gasteiger partial charge is 0.0580 e. The van der Waals surface area contributed by atoms with E-state index in [4.69, 9.17) is 4.74 Å². The molecule has 0 radical (unpaired) electrons. The molecule has 1 unspecified atom stereocenters. The average Bonchev–Trinajstić information content (AvgIpc) is 2.35. The van der Waals surface area contributed by atoms with Gasteiger partial charge in [-0.2, -0.15) is 0 Å². The van der Waals surface area contributed by atoms with Gasteiger partial charge in [0, 0.05) is 13.7 Å². The highest BCUT2D eigenvalue weighted by Gasteiger charge is 2.06. The number of hydrogen-bond donors (Lipinski definition) is 1. The highest BCUT2D eigenvalue weighted by molar-refractivity contribution is 5.14. The van der Waals surface area contributed by atoms with E-state index in [9.17, 15) is 5.11 Å². The molecule has 0 saturated carbocycles. The largest absolute Gasteiger partial charge is 0.393 e. The summed E-state index contributed by atoms with van der Waals surface area (Å²) >= 11 is 0. The maximum atomic E-state index is 9.88. The van der Waals surface area contributed by atoms with E-state index in [1.54, 1.807) is 7.11 Å². The van der Waals surface area contributed by atoms with Gasteiger partial charge in [-0.15, -0.1) is 0 Å². The lowest BCUT2D eigenvalue weighted by Crippen LogP contribution is -2.09. The van der Waals surface area contributed by atoms with Crippen molar-refractivity contribution in [3.8, 4) is 0 Å². The molecular formula is C15H22O2. The lowest BCUT2D eigenvalue weighted by Gasteiger charge is -2.12. The number of aliphatic hydroxyl groups excluding tert-OH is 1. The maximum Gasteiger partial charge on any atom is 0.0580 e. The minimum absolute atomic E-state index is 0.292. The summed E-state index contributed by atoms with van der Waals surface area (Å²) in [5.74, 6) is 0. The van der Waals surface area contributed by atoms with E-state index < -0.39 is 0 Å². The summed E-state index contributed by atoms with van der Waals surface area (Å²) in [7, 11) is 1.68. The lowest BCUT2D eigenvalue weighted by atomic mass is 10.0. The zero-order valence-corrected chi connectivity index (χ0v) is 10.6. The van der Waals surface area contributed by atoms with Crippen LogP contribution in [0.25, 0.3) is 0 Å². The molecule has 0 amide bonds. The molecule has 1 aromatic carbocycles. The van der Waals surface area contributed by atoms with E-state index in [0.29, 0.717) is 13.0 Å². The molecule has 0 aliphatic carbocycles. The maximum absolute atomic E-state index is 9.88. The Kier molecular flexibility index (Phi) is 6.60. The first kappa shape index (κ1) is 13.9. The molecule has 1 N–H and O–H groups in total. The van der Waals surface area contributed by atoms with Crippen LogP contribution < -0.4 is 0 Å². The molecule has 0 fully saturated rings. The molecule has 17 heavy (non-hydrogen) atoms. The predicted octanol–water partition coefficient (Wildman–Crippen LogP) is 2.96. The standard InChI is InChI=1S/C15H22O2/c1-13(10-11-17-2)12-15(16)9-8-14-6-4-3-5-7-14/h3-7,15-16H,1,8-12H2,2H3. The Morgan fingerprint density at radius 2 is 2.06 bits per heavy atom. The summed E-state index contributed by atoms with van der Waals surface area (Å²) in [5.41, 5.74) is 2.33. The summed E-state index contributed by atoms with van der Waals surface area (Å²) < 4.78 is 4.98. The van der Waals surface area contributed by atoms with Gasteiger partial charge in [-0.05, 0) is 31.2 Å². The van der Waals surface area contributed by atoms with E-state index in [1.165, 1.54) is 5.56 Å². The van der Waals surface area contributed by atoms with Crippen LogP contribution in [0, 0.1) is 0 Å². The number of aliphatic hydroxyl groups is 1. The molecule has 0 spiro atoms. The fraction of sp³-hybridized carbons (Fsp3) is 0.467. The molecule has 94 valence electrons. The fourth-order valence-corrected chi connectivity index (χ4v) is 1.76. The van der Waals surface area contributed by atoms with Crippen molar-refractivity contribution >= 4 is 0 Å². The molecule has 0 heterocycles. The molecule has 1 atom stereocenters. The van der Waals surface area contributed by atoms with E-state index >= 15 is 0 Å². The molecule has 2 heteroatoms. The van der Waals surface area contributed by atoms with Crippen LogP contribution in [0.1, 0.15) is 24.8 Å². The monoisotopic (exact) mass is 234 g/mol. The highest BCUT2D eigenvalue weighted by Crippen LogP contribution is 2.13. The number of aryl methyl sites for hydroxylation is 1. The SMILES string of the molecule is C=C(CCOC)CC(O)CCc1ccccc1. The third kappa shape index (κ3) is 6.25. The van der Waals surface area contributed by atoms with Gasteiger partial charge < -0.3 is 9.84 Å². The van der Waals surface area contributed by atoms with E-state index in [0.717, 1.165) is 24.8 Å². The highest BCUT2D eigenvalue weighted by atomic mass is 16.5. The van der Waals surface area contributed by atoms with Crippen LogP contribution in [-0.4, -0.2) is 24.9 Å². The fourth-order valence-electron chi connectivity index (χ4n) is 1.76. The van der Waals surface area contributed by atoms with Gasteiger partial charge in [0.2, 0.25) is 0 Å². The van der Waals surface area contributed by atoms with Gasteiger partial charge >= 0.3 is 0 Å². The Morgan fingerprint density at radius 1 is 1.35 bits per heavy atom. The van der Waals surface area contributed by atoms with Gasteiger partial charge in [0.1, 0.15) is 0 Å². The minimum atomic E-state index is -0.292. The zero-order valence-electron chi connectivity index (χ0n) is 10.6. The number of hydrogen-bond acceptors (Lipinski definition) is 2. The van der Waals surface area contributed by atoms with Crippen molar-refractivity contribution in [1.82, 2.24) is 0 Å². The van der Waals surface area contributed by atoms with Crippen LogP contribution in [0.3, 0.4) is 0 Å². The van der Waals surface area contributed by atoms with Gasteiger partial charge in [0.05, 0.1) is 6.10 Å². The topological polar surface area (TPSA) is 29.5 Å². The quantitative estimate of drug-likeness (QED) is 0.701. The van der Waals surface area contributed by atoms with E-state index in [-0.39, 0.29) is 6.10 Å². The zero-order chi connectivity index (χ0) is 12.5. The van der Waals surface area contributed by atoms with Gasteiger partial charge in [0.25, 0.3) is 0 Å². The molecule has 0 aromatic heterocycles. The average molecular weight is 234 g/mol. The van der Waals surface area contributed by atoms with Gasteiger partial charge in [-0.25, -0.2) is 0 Å². The first-order valence-corrected chi connectivity index (χ1v) is 6.10. The first-order valence-electron chi connectivity index (χ1n) is 6.10. The molecular weight excluding hydrogens is 212 g/mol. The van der Waals surface area contributed by atoms with Crippen molar-refractivity contribution in [2.24, 2.45) is 0 Å². The second-order valence-corrected chi connectivity index (χ2v) is 4.38. The first-order chi connectivity index (χ1) is 8.22. The summed E-state index contributed by atoms with van der Waals surface area (Å²) in [4.78, 5) is 0. The Labute approximate surface area is 104 Å². The Hall–Kier alpha value is -1.12. The van der Waals surface area contributed by atoms with Crippen molar-refractivity contribution in [3.05, 3.63) is 48.0 Å². The van der Waals surface area contributed by atoms with Crippen molar-refractivity contribution in [2.45, 2.75) is 31.8 Å². The Balaban J connectivity index is 2.21. The van der Waals surface area contributed by atoms with Crippen molar-refractivity contribution in [3.63, 3.8) is 0 Å². The summed E-state index contributed by atoms with van der Waals surface area (Å²) in [6.45, 7) is 4.63. The molecule has 1 rings (SSSR count).